The highest BCUT2D eigenvalue weighted by atomic mass is 16.5. The fourth-order valence-electron chi connectivity index (χ4n) is 2.41. The molecule has 2 N–H and O–H groups in total. The van der Waals surface area contributed by atoms with E-state index < -0.39 is 0 Å². The minimum absolute atomic E-state index is 0.146. The van der Waals surface area contributed by atoms with E-state index in [0.717, 1.165) is 19.6 Å². The molecule has 1 rings (SSSR count). The molecular weight excluding hydrogens is 276 g/mol. The number of anilines is 1. The summed E-state index contributed by atoms with van der Waals surface area (Å²) in [6, 6.07) is 5.26. The van der Waals surface area contributed by atoms with Crippen LogP contribution in [0.4, 0.5) is 5.69 Å². The number of carbonyl (C=O) groups is 1. The molecule has 0 aliphatic rings. The fraction of sp³-hybridized carbons (Fsp3) is 0.611. The maximum absolute atomic E-state index is 12.3. The van der Waals surface area contributed by atoms with Gasteiger partial charge in [-0.1, -0.05) is 26.7 Å². The van der Waals surface area contributed by atoms with Gasteiger partial charge in [0.25, 0.3) is 0 Å². The number of methoxy groups -OCH3 is 1. The summed E-state index contributed by atoms with van der Waals surface area (Å²) in [7, 11) is 1.58. The first-order valence-corrected chi connectivity index (χ1v) is 8.31. The summed E-state index contributed by atoms with van der Waals surface area (Å²) >= 11 is 0. The first-order chi connectivity index (χ1) is 10.6. The molecular formula is C18H30N2O2. The van der Waals surface area contributed by atoms with E-state index in [2.05, 4.69) is 18.7 Å². The summed E-state index contributed by atoms with van der Waals surface area (Å²) < 4.78 is 5.12. The van der Waals surface area contributed by atoms with Crippen LogP contribution in [-0.2, 0) is 0 Å². The number of ether oxygens (including phenoxy) is 1. The third-order valence-corrected chi connectivity index (χ3v) is 3.86. The number of nitrogen functional groups attached to an aromatic ring is 1. The summed E-state index contributed by atoms with van der Waals surface area (Å²) in [5, 5.41) is 0. The highest BCUT2D eigenvalue weighted by Gasteiger charge is 2.11. The van der Waals surface area contributed by atoms with Gasteiger partial charge in [-0.25, -0.2) is 0 Å². The molecule has 0 radical (unpaired) electrons. The van der Waals surface area contributed by atoms with Gasteiger partial charge in [-0.15, -0.1) is 0 Å². The molecule has 0 aromatic heterocycles. The molecule has 0 bridgehead atoms. The molecule has 0 aliphatic heterocycles. The molecule has 0 saturated heterocycles. The number of benzene rings is 1. The Bertz CT molecular complexity index is 452. The molecule has 4 heteroatoms. The third kappa shape index (κ3) is 6.06. The van der Waals surface area contributed by atoms with E-state index in [0.29, 0.717) is 23.4 Å². The van der Waals surface area contributed by atoms with Crippen molar-refractivity contribution in [2.45, 2.75) is 46.0 Å². The predicted octanol–water partition coefficient (Wildman–Crippen LogP) is 3.75. The van der Waals surface area contributed by atoms with Gasteiger partial charge in [0.1, 0.15) is 5.75 Å². The topological polar surface area (TPSA) is 55.6 Å². The number of Topliss-reactive ketones (excluding diaryl/α,β-unsaturated/α-hetero) is 1. The third-order valence-electron chi connectivity index (χ3n) is 3.86. The monoisotopic (exact) mass is 306 g/mol. The largest absolute Gasteiger partial charge is 0.495 e. The molecule has 0 saturated carbocycles. The van der Waals surface area contributed by atoms with E-state index in [-0.39, 0.29) is 5.78 Å². The Kier molecular flexibility index (Phi) is 8.60. The zero-order valence-corrected chi connectivity index (χ0v) is 14.2. The van der Waals surface area contributed by atoms with Crippen LogP contribution in [0.15, 0.2) is 18.2 Å². The Labute approximate surface area is 134 Å². The lowest BCUT2D eigenvalue weighted by Gasteiger charge is -2.21. The second-order valence-corrected chi connectivity index (χ2v) is 5.68. The Morgan fingerprint density at radius 2 is 1.77 bits per heavy atom. The van der Waals surface area contributed by atoms with Crippen LogP contribution < -0.4 is 10.5 Å². The highest BCUT2D eigenvalue weighted by Crippen LogP contribution is 2.22. The lowest BCUT2D eigenvalue weighted by Crippen LogP contribution is -2.28. The molecule has 0 heterocycles. The van der Waals surface area contributed by atoms with Crippen LogP contribution in [0.1, 0.15) is 56.3 Å². The van der Waals surface area contributed by atoms with E-state index in [9.17, 15) is 4.79 Å². The van der Waals surface area contributed by atoms with E-state index in [1.165, 1.54) is 25.7 Å². The smallest absolute Gasteiger partial charge is 0.164 e. The molecule has 1 aromatic rings. The second kappa shape index (κ2) is 10.2. The summed E-state index contributed by atoms with van der Waals surface area (Å²) in [6.07, 6.45) is 5.29. The fourth-order valence-corrected chi connectivity index (χ4v) is 2.41. The molecule has 4 nitrogen and oxygen atoms in total. The van der Waals surface area contributed by atoms with Crippen molar-refractivity contribution >= 4 is 11.5 Å². The van der Waals surface area contributed by atoms with Gasteiger partial charge in [-0.3, -0.25) is 4.79 Å². The Balaban J connectivity index is 2.56. The molecule has 1 aromatic carbocycles. The number of nitrogens with two attached hydrogens (primary N) is 1. The first-order valence-electron chi connectivity index (χ1n) is 8.31. The maximum Gasteiger partial charge on any atom is 0.164 e. The van der Waals surface area contributed by atoms with Gasteiger partial charge in [0, 0.05) is 18.5 Å². The molecule has 0 atom stereocenters. The van der Waals surface area contributed by atoms with Gasteiger partial charge in [0.05, 0.1) is 12.8 Å². The number of ketones is 1. The van der Waals surface area contributed by atoms with E-state index in [4.69, 9.17) is 10.5 Å². The summed E-state index contributed by atoms with van der Waals surface area (Å²) in [6.45, 7) is 7.38. The van der Waals surface area contributed by atoms with Crippen molar-refractivity contribution in [3.63, 3.8) is 0 Å². The molecule has 0 unspecified atom stereocenters. The van der Waals surface area contributed by atoms with E-state index in [1.807, 2.05) is 0 Å². The lowest BCUT2D eigenvalue weighted by atomic mass is 10.1. The number of rotatable bonds is 11. The SMILES string of the molecule is CCCCN(CCCC)CCC(=O)c1ccc(OC)c(N)c1. The van der Waals surface area contributed by atoms with Crippen molar-refractivity contribution in [3.05, 3.63) is 23.8 Å². The van der Waals surface area contributed by atoms with Crippen molar-refractivity contribution in [1.29, 1.82) is 0 Å². The lowest BCUT2D eigenvalue weighted by molar-refractivity contribution is 0.0963. The van der Waals surface area contributed by atoms with Gasteiger partial charge in [-0.05, 0) is 44.1 Å². The van der Waals surface area contributed by atoms with Crippen LogP contribution in [0.2, 0.25) is 0 Å². The highest BCUT2D eigenvalue weighted by molar-refractivity contribution is 5.97. The molecule has 22 heavy (non-hydrogen) atoms. The van der Waals surface area contributed by atoms with Gasteiger partial charge < -0.3 is 15.4 Å². The summed E-state index contributed by atoms with van der Waals surface area (Å²) in [4.78, 5) is 14.7. The van der Waals surface area contributed by atoms with Crippen LogP contribution in [-0.4, -0.2) is 37.4 Å². The Morgan fingerprint density at radius 3 is 2.27 bits per heavy atom. The van der Waals surface area contributed by atoms with Crippen molar-refractivity contribution in [1.82, 2.24) is 4.90 Å². The molecule has 124 valence electrons. The van der Waals surface area contributed by atoms with Crippen LogP contribution in [0.3, 0.4) is 0 Å². The standard InChI is InChI=1S/C18H30N2O2/c1-4-6-11-20(12-7-5-2)13-10-17(21)15-8-9-18(22-3)16(19)14-15/h8-9,14H,4-7,10-13,19H2,1-3H3. The van der Waals surface area contributed by atoms with Crippen LogP contribution in [0.5, 0.6) is 5.75 Å². The zero-order valence-electron chi connectivity index (χ0n) is 14.2. The molecule has 0 amide bonds. The first kappa shape index (κ1) is 18.5. The average Bonchev–Trinajstić information content (AvgIpc) is 2.53. The van der Waals surface area contributed by atoms with Gasteiger partial charge in [-0.2, -0.15) is 0 Å². The van der Waals surface area contributed by atoms with E-state index in [1.54, 1.807) is 25.3 Å². The van der Waals surface area contributed by atoms with Crippen molar-refractivity contribution in [3.8, 4) is 5.75 Å². The van der Waals surface area contributed by atoms with Crippen LogP contribution >= 0.6 is 0 Å². The minimum Gasteiger partial charge on any atom is -0.495 e. The van der Waals surface area contributed by atoms with Gasteiger partial charge in [0.15, 0.2) is 5.78 Å². The van der Waals surface area contributed by atoms with Crippen LogP contribution in [0.25, 0.3) is 0 Å². The quantitative estimate of drug-likeness (QED) is 0.499. The number of hydrogen-bond donors (Lipinski definition) is 1. The second-order valence-electron chi connectivity index (χ2n) is 5.68. The maximum atomic E-state index is 12.3. The number of hydrogen-bond acceptors (Lipinski definition) is 4. The van der Waals surface area contributed by atoms with Crippen molar-refractivity contribution in [2.24, 2.45) is 0 Å². The average molecular weight is 306 g/mol. The molecule has 0 spiro atoms. The summed E-state index contributed by atoms with van der Waals surface area (Å²) in [5.41, 5.74) is 7.06. The predicted molar refractivity (Wildman–Crippen MR) is 92.6 cm³/mol. The Hall–Kier alpha value is -1.55. The number of nitrogens with zero attached hydrogens (tertiary/aromatic N) is 1. The normalized spacial score (nSPS) is 10.9. The van der Waals surface area contributed by atoms with Gasteiger partial charge in [0.2, 0.25) is 0 Å². The molecule has 0 fully saturated rings. The Morgan fingerprint density at radius 1 is 1.14 bits per heavy atom. The number of carbonyl (C=O) groups excluding carboxylic acids is 1. The van der Waals surface area contributed by atoms with Gasteiger partial charge >= 0.3 is 0 Å². The van der Waals surface area contributed by atoms with Crippen molar-refractivity contribution < 1.29 is 9.53 Å². The van der Waals surface area contributed by atoms with E-state index >= 15 is 0 Å². The minimum atomic E-state index is 0.146. The van der Waals surface area contributed by atoms with Crippen LogP contribution in [0, 0.1) is 0 Å². The molecule has 0 aliphatic carbocycles. The van der Waals surface area contributed by atoms with Crippen molar-refractivity contribution in [2.75, 3.05) is 32.5 Å². The zero-order chi connectivity index (χ0) is 16.4. The number of unbranched alkanes of at least 4 members (excludes halogenated alkanes) is 2. The summed E-state index contributed by atoms with van der Waals surface area (Å²) in [5.74, 6) is 0.761.